The van der Waals surface area contributed by atoms with Crippen molar-refractivity contribution in [3.8, 4) is 0 Å². The SMILES string of the molecule is CC(=O)[O-].CO[Si]([O-])([O-])[O-].[Mn+4]. The Labute approximate surface area is 75.4 Å². The smallest absolute Gasteiger partial charge is 0.861 e. The van der Waals surface area contributed by atoms with Crippen LogP contribution in [0.5, 0.6) is 0 Å². The summed E-state index contributed by atoms with van der Waals surface area (Å²) in [6.07, 6.45) is 0. The molecule has 0 aliphatic carbocycles. The number of hydrogen-bond donors (Lipinski definition) is 0. The minimum atomic E-state index is -4.88. The van der Waals surface area contributed by atoms with Crippen molar-refractivity contribution in [3.05, 3.63) is 0 Å². The van der Waals surface area contributed by atoms with Gasteiger partial charge in [0.05, 0.1) is 0 Å². The van der Waals surface area contributed by atoms with E-state index >= 15 is 0 Å². The summed E-state index contributed by atoms with van der Waals surface area (Å²) in [6.45, 7) is 0.972. The van der Waals surface area contributed by atoms with Crippen LogP contribution >= 0.6 is 0 Å². The zero-order valence-corrected chi connectivity index (χ0v) is 8.01. The molecule has 1 radical (unpaired) electrons. The molecule has 0 fully saturated rings. The first-order valence-corrected chi connectivity index (χ1v) is 3.77. The van der Waals surface area contributed by atoms with E-state index in [1.54, 1.807) is 0 Å². The van der Waals surface area contributed by atoms with Crippen LogP contribution in [0.25, 0.3) is 0 Å². The maximum atomic E-state index is 9.28. The molecule has 0 aromatic heterocycles. The summed E-state index contributed by atoms with van der Waals surface area (Å²) >= 11 is 0. The normalized spacial score (nSPS) is 8.82. The summed E-state index contributed by atoms with van der Waals surface area (Å²) in [5.74, 6) is -1.08. The molecule has 0 amide bonds. The van der Waals surface area contributed by atoms with Crippen molar-refractivity contribution < 1.29 is 45.8 Å². The maximum Gasteiger partial charge on any atom is 4.00 e. The Morgan fingerprint density at radius 3 is 1.45 bits per heavy atom. The van der Waals surface area contributed by atoms with Crippen molar-refractivity contribution in [2.45, 2.75) is 6.92 Å². The number of rotatable bonds is 1. The van der Waals surface area contributed by atoms with Crippen LogP contribution in [-0.4, -0.2) is 22.1 Å². The third-order valence-corrected chi connectivity index (χ3v) is 0.750. The average molecular weight is 221 g/mol. The van der Waals surface area contributed by atoms with Gasteiger partial charge in [-0.05, 0) is 6.92 Å². The Kier molecular flexibility index (Phi) is 12.8. The molecule has 0 bridgehead atoms. The molecular weight excluding hydrogens is 215 g/mol. The number of hydrogen-bond acceptors (Lipinski definition) is 6. The summed E-state index contributed by atoms with van der Waals surface area (Å²) in [4.78, 5) is 36.7. The number of aliphatic carboxylic acids is 1. The second-order valence-electron chi connectivity index (χ2n) is 1.20. The van der Waals surface area contributed by atoms with Crippen molar-refractivity contribution in [2.75, 3.05) is 7.11 Å². The topological polar surface area (TPSA) is 119 Å². The fraction of sp³-hybridized carbons (Fsp3) is 0.667. The number of carboxylic acid groups (broad SMARTS) is 1. The molecule has 0 heterocycles. The van der Waals surface area contributed by atoms with Gasteiger partial charge in [-0.2, -0.15) is 0 Å². The summed E-state index contributed by atoms with van der Waals surface area (Å²) < 4.78 is 3.41. The number of carboxylic acids is 1. The van der Waals surface area contributed by atoms with Gasteiger partial charge in [-0.15, -0.1) is 9.05 Å². The van der Waals surface area contributed by atoms with Crippen LogP contribution < -0.4 is 19.5 Å². The maximum absolute atomic E-state index is 9.28. The van der Waals surface area contributed by atoms with Gasteiger partial charge in [-0.1, -0.05) is 0 Å². The minimum Gasteiger partial charge on any atom is -0.861 e. The van der Waals surface area contributed by atoms with Gasteiger partial charge in [0, 0.05) is 13.1 Å². The van der Waals surface area contributed by atoms with Crippen LogP contribution in [0.4, 0.5) is 0 Å². The van der Waals surface area contributed by atoms with Gasteiger partial charge < -0.3 is 28.7 Å². The van der Waals surface area contributed by atoms with Gasteiger partial charge >= 0.3 is 17.1 Å². The molecule has 0 aliphatic heterocycles. The van der Waals surface area contributed by atoms with Gasteiger partial charge in [-0.25, -0.2) is 0 Å². The van der Waals surface area contributed by atoms with E-state index in [2.05, 4.69) is 4.43 Å². The molecular formula is C3H6MnO6Si. The van der Waals surface area contributed by atoms with Gasteiger partial charge in [0.15, 0.2) is 0 Å². The molecule has 6 nitrogen and oxygen atoms in total. The van der Waals surface area contributed by atoms with E-state index in [1.165, 1.54) is 0 Å². The predicted octanol–water partition coefficient (Wildman–Crippen LogP) is -5.10. The molecule has 0 aliphatic rings. The molecule has 0 aromatic carbocycles. The van der Waals surface area contributed by atoms with Gasteiger partial charge in [0.25, 0.3) is 0 Å². The molecule has 0 spiro atoms. The molecule has 0 unspecified atom stereocenters. The first-order valence-electron chi connectivity index (χ1n) is 2.13. The van der Waals surface area contributed by atoms with Gasteiger partial charge in [0.2, 0.25) is 0 Å². The number of carbonyl (C=O) groups is 1. The van der Waals surface area contributed by atoms with Crippen LogP contribution in [0.15, 0.2) is 0 Å². The zero-order valence-electron chi connectivity index (χ0n) is 5.83. The van der Waals surface area contributed by atoms with Crippen LogP contribution in [0.3, 0.4) is 0 Å². The first-order chi connectivity index (χ1) is 4.29. The molecule has 0 saturated heterocycles. The van der Waals surface area contributed by atoms with Crippen molar-refractivity contribution >= 4 is 15.0 Å². The molecule has 11 heavy (non-hydrogen) atoms. The summed E-state index contributed by atoms with van der Waals surface area (Å²) in [7, 11) is -4.05. The van der Waals surface area contributed by atoms with Gasteiger partial charge in [0.1, 0.15) is 0 Å². The van der Waals surface area contributed by atoms with Crippen LogP contribution in [0, 0.1) is 0 Å². The first kappa shape index (κ1) is 17.2. The quantitative estimate of drug-likeness (QED) is 0.408. The second kappa shape index (κ2) is 8.15. The Bertz CT molecular complexity index is 96.5. The molecule has 0 aromatic rings. The summed E-state index contributed by atoms with van der Waals surface area (Å²) in [6, 6.07) is 0. The van der Waals surface area contributed by atoms with E-state index < -0.39 is 15.0 Å². The van der Waals surface area contributed by atoms with E-state index in [-0.39, 0.29) is 17.1 Å². The fourth-order valence-corrected chi connectivity index (χ4v) is 0. The van der Waals surface area contributed by atoms with Crippen molar-refractivity contribution in [1.82, 2.24) is 0 Å². The summed E-state index contributed by atoms with van der Waals surface area (Å²) in [5, 5.41) is 8.89. The molecule has 0 atom stereocenters. The third kappa shape index (κ3) is 70.1. The summed E-state index contributed by atoms with van der Waals surface area (Å²) in [5.41, 5.74) is 0. The Morgan fingerprint density at radius 1 is 1.36 bits per heavy atom. The van der Waals surface area contributed by atoms with Crippen LogP contribution in [-0.2, 0) is 26.3 Å². The van der Waals surface area contributed by atoms with Gasteiger partial charge in [-0.3, -0.25) is 0 Å². The largest absolute Gasteiger partial charge is 4.00 e. The second-order valence-corrected chi connectivity index (χ2v) is 2.60. The third-order valence-electron chi connectivity index (χ3n) is 0.250. The van der Waals surface area contributed by atoms with Crippen LogP contribution in [0.2, 0.25) is 0 Å². The Morgan fingerprint density at radius 2 is 1.45 bits per heavy atom. The van der Waals surface area contributed by atoms with E-state index in [4.69, 9.17) is 9.90 Å². The van der Waals surface area contributed by atoms with E-state index in [0.717, 1.165) is 14.0 Å². The van der Waals surface area contributed by atoms with Crippen LogP contribution in [0.1, 0.15) is 6.92 Å². The molecule has 0 saturated carbocycles. The monoisotopic (exact) mass is 221 g/mol. The molecule has 8 heteroatoms. The minimum absolute atomic E-state index is 0. The zero-order chi connectivity index (χ0) is 8.78. The Balaban J connectivity index is -0.000000114. The molecule has 0 rings (SSSR count). The molecule has 0 N–H and O–H groups in total. The van der Waals surface area contributed by atoms with E-state index in [0.29, 0.717) is 0 Å². The molecule has 65 valence electrons. The number of carbonyl (C=O) groups excluding carboxylic acids is 1. The predicted molar refractivity (Wildman–Crippen MR) is 23.4 cm³/mol. The van der Waals surface area contributed by atoms with Crippen molar-refractivity contribution in [1.29, 1.82) is 0 Å². The standard InChI is InChI=1S/C2H4O2.CH3O4Si.Mn/c1-2(3)4;1-5-6(2,3)4;/h1H3,(H,3,4);1H3;/q;-3;+4/p-1. The van der Waals surface area contributed by atoms with Crippen molar-refractivity contribution in [3.63, 3.8) is 0 Å². The average Bonchev–Trinajstić information content (AvgIpc) is 1.63. The fourth-order valence-electron chi connectivity index (χ4n) is 0. The van der Waals surface area contributed by atoms with E-state index in [9.17, 15) is 14.4 Å². The van der Waals surface area contributed by atoms with Crippen molar-refractivity contribution in [2.24, 2.45) is 0 Å². The van der Waals surface area contributed by atoms with E-state index in [1.807, 2.05) is 0 Å². The Hall–Kier alpha value is 0.0464.